The van der Waals surface area contributed by atoms with Crippen molar-refractivity contribution in [3.05, 3.63) is 17.8 Å². The fraction of sp³-hybridized carbons (Fsp3) is 0.333. The van der Waals surface area contributed by atoms with Gasteiger partial charge in [0.1, 0.15) is 6.07 Å². The average Bonchev–Trinajstić information content (AvgIpc) is 3.00. The molecule has 0 atom stereocenters. The standard InChI is InChI=1S/C9H9N3O3S/c10-5-7-8(15-6-1-2-6)3-4-9(12-7)16(11,13)14/h3-4,6H,1-2H2,(H2,11,13,14). The summed E-state index contributed by atoms with van der Waals surface area (Å²) in [5, 5.41) is 13.4. The third kappa shape index (κ3) is 2.29. The van der Waals surface area contributed by atoms with Gasteiger partial charge in [-0.3, -0.25) is 0 Å². The monoisotopic (exact) mass is 239 g/mol. The van der Waals surface area contributed by atoms with E-state index in [0.29, 0.717) is 5.75 Å². The van der Waals surface area contributed by atoms with Crippen LogP contribution in [0.4, 0.5) is 0 Å². The molecule has 7 heteroatoms. The Labute approximate surface area is 92.7 Å². The van der Waals surface area contributed by atoms with Crippen LogP contribution in [0.2, 0.25) is 0 Å². The summed E-state index contributed by atoms with van der Waals surface area (Å²) in [7, 11) is -3.88. The van der Waals surface area contributed by atoms with Gasteiger partial charge in [-0.2, -0.15) is 5.26 Å². The van der Waals surface area contributed by atoms with Crippen molar-refractivity contribution < 1.29 is 13.2 Å². The minimum atomic E-state index is -3.88. The van der Waals surface area contributed by atoms with Crippen LogP contribution in [0.15, 0.2) is 17.2 Å². The quantitative estimate of drug-likeness (QED) is 0.807. The number of ether oxygens (including phenoxy) is 1. The molecular formula is C9H9N3O3S. The molecule has 1 heterocycles. The van der Waals surface area contributed by atoms with Crippen LogP contribution in [0.1, 0.15) is 18.5 Å². The molecule has 0 spiro atoms. The summed E-state index contributed by atoms with van der Waals surface area (Å²) in [6, 6.07) is 4.42. The van der Waals surface area contributed by atoms with Crippen LogP contribution < -0.4 is 9.88 Å². The Morgan fingerprint density at radius 1 is 1.50 bits per heavy atom. The van der Waals surface area contributed by atoms with Gasteiger partial charge in [0.05, 0.1) is 6.10 Å². The zero-order valence-electron chi connectivity index (χ0n) is 8.25. The molecule has 1 aromatic rings. The Kier molecular flexibility index (Phi) is 2.53. The van der Waals surface area contributed by atoms with E-state index in [0.717, 1.165) is 12.8 Å². The molecule has 0 bridgehead atoms. The zero-order chi connectivity index (χ0) is 11.8. The lowest BCUT2D eigenvalue weighted by molar-refractivity contribution is 0.300. The van der Waals surface area contributed by atoms with Crippen LogP contribution in [-0.4, -0.2) is 19.5 Å². The molecule has 0 amide bonds. The molecule has 1 saturated carbocycles. The molecule has 1 fully saturated rings. The van der Waals surface area contributed by atoms with Crippen molar-refractivity contribution >= 4 is 10.0 Å². The molecule has 84 valence electrons. The van der Waals surface area contributed by atoms with Crippen LogP contribution in [0.3, 0.4) is 0 Å². The zero-order valence-corrected chi connectivity index (χ0v) is 9.07. The highest BCUT2D eigenvalue weighted by Crippen LogP contribution is 2.28. The van der Waals surface area contributed by atoms with Gasteiger partial charge >= 0.3 is 0 Å². The molecule has 0 radical (unpaired) electrons. The molecule has 2 N–H and O–H groups in total. The third-order valence-corrected chi connectivity index (χ3v) is 2.86. The van der Waals surface area contributed by atoms with Crippen LogP contribution in [0, 0.1) is 11.3 Å². The van der Waals surface area contributed by atoms with Crippen molar-refractivity contribution in [2.24, 2.45) is 5.14 Å². The Bertz CT molecular complexity index is 558. The first kappa shape index (κ1) is 10.9. The molecule has 1 aliphatic carbocycles. The number of aromatic nitrogens is 1. The smallest absolute Gasteiger partial charge is 0.255 e. The topological polar surface area (TPSA) is 106 Å². The van der Waals surface area contributed by atoms with E-state index in [1.165, 1.54) is 12.1 Å². The SMILES string of the molecule is N#Cc1nc(S(N)(=O)=O)ccc1OC1CC1. The van der Waals surface area contributed by atoms with E-state index in [1.54, 1.807) is 6.07 Å². The normalized spacial score (nSPS) is 15.5. The van der Waals surface area contributed by atoms with E-state index in [1.807, 2.05) is 0 Å². The number of nitriles is 1. The van der Waals surface area contributed by atoms with Crippen molar-refractivity contribution in [2.45, 2.75) is 24.0 Å². The number of nitrogens with zero attached hydrogens (tertiary/aromatic N) is 2. The number of nitrogens with two attached hydrogens (primary N) is 1. The van der Waals surface area contributed by atoms with Gasteiger partial charge in [-0.25, -0.2) is 18.5 Å². The minimum Gasteiger partial charge on any atom is -0.487 e. The second-order valence-electron chi connectivity index (χ2n) is 3.47. The summed E-state index contributed by atoms with van der Waals surface area (Å²) in [5.41, 5.74) is -0.0570. The summed E-state index contributed by atoms with van der Waals surface area (Å²) < 4.78 is 27.4. The molecular weight excluding hydrogens is 230 g/mol. The van der Waals surface area contributed by atoms with E-state index < -0.39 is 10.0 Å². The van der Waals surface area contributed by atoms with Gasteiger partial charge in [0.25, 0.3) is 10.0 Å². The Morgan fingerprint density at radius 2 is 2.19 bits per heavy atom. The van der Waals surface area contributed by atoms with Crippen LogP contribution in [-0.2, 0) is 10.0 Å². The Morgan fingerprint density at radius 3 is 2.69 bits per heavy atom. The summed E-state index contributed by atoms with van der Waals surface area (Å²) in [6.45, 7) is 0. The predicted octanol–water partition coefficient (Wildman–Crippen LogP) is 0.142. The van der Waals surface area contributed by atoms with Gasteiger partial charge in [-0.1, -0.05) is 0 Å². The fourth-order valence-corrected chi connectivity index (χ4v) is 1.60. The highest BCUT2D eigenvalue weighted by atomic mass is 32.2. The minimum absolute atomic E-state index is 0.0570. The summed E-state index contributed by atoms with van der Waals surface area (Å²) >= 11 is 0. The average molecular weight is 239 g/mol. The van der Waals surface area contributed by atoms with E-state index in [9.17, 15) is 8.42 Å². The maximum Gasteiger partial charge on any atom is 0.255 e. The van der Waals surface area contributed by atoms with Gasteiger partial charge in [0.2, 0.25) is 0 Å². The largest absolute Gasteiger partial charge is 0.487 e. The Balaban J connectivity index is 2.38. The number of pyridine rings is 1. The van der Waals surface area contributed by atoms with E-state index in [4.69, 9.17) is 15.1 Å². The maximum absolute atomic E-state index is 11.0. The number of sulfonamides is 1. The summed E-state index contributed by atoms with van der Waals surface area (Å²) in [5.74, 6) is 0.303. The van der Waals surface area contributed by atoms with Gasteiger partial charge < -0.3 is 4.74 Å². The van der Waals surface area contributed by atoms with E-state index >= 15 is 0 Å². The molecule has 16 heavy (non-hydrogen) atoms. The van der Waals surface area contributed by atoms with Crippen LogP contribution in [0.25, 0.3) is 0 Å². The third-order valence-electron chi connectivity index (χ3n) is 2.05. The number of primary sulfonamides is 1. The van der Waals surface area contributed by atoms with Gasteiger partial charge in [-0.15, -0.1) is 0 Å². The lowest BCUT2D eigenvalue weighted by Gasteiger charge is -2.06. The first-order valence-electron chi connectivity index (χ1n) is 4.61. The van der Waals surface area contributed by atoms with Crippen LogP contribution >= 0.6 is 0 Å². The lowest BCUT2D eigenvalue weighted by Crippen LogP contribution is -2.14. The van der Waals surface area contributed by atoms with Gasteiger partial charge in [0, 0.05) is 0 Å². The van der Waals surface area contributed by atoms with Crippen molar-refractivity contribution in [1.29, 1.82) is 5.26 Å². The van der Waals surface area contributed by atoms with E-state index in [2.05, 4.69) is 4.98 Å². The highest BCUT2D eigenvalue weighted by molar-refractivity contribution is 7.89. The molecule has 1 aliphatic rings. The highest BCUT2D eigenvalue weighted by Gasteiger charge is 2.25. The predicted molar refractivity (Wildman–Crippen MR) is 54.0 cm³/mol. The van der Waals surface area contributed by atoms with Crippen molar-refractivity contribution in [3.8, 4) is 11.8 Å². The van der Waals surface area contributed by atoms with Crippen molar-refractivity contribution in [1.82, 2.24) is 4.98 Å². The second-order valence-corrected chi connectivity index (χ2v) is 4.98. The number of hydrogen-bond acceptors (Lipinski definition) is 5. The Hall–Kier alpha value is -1.65. The lowest BCUT2D eigenvalue weighted by atomic mass is 10.3. The molecule has 2 rings (SSSR count). The first-order chi connectivity index (χ1) is 7.50. The van der Waals surface area contributed by atoms with Crippen LogP contribution in [0.5, 0.6) is 5.75 Å². The van der Waals surface area contributed by atoms with E-state index in [-0.39, 0.29) is 16.8 Å². The number of hydrogen-bond donors (Lipinski definition) is 1. The molecule has 0 aliphatic heterocycles. The van der Waals surface area contributed by atoms with Gasteiger partial charge in [-0.05, 0) is 25.0 Å². The summed E-state index contributed by atoms with van der Waals surface area (Å²) in [6.07, 6.45) is 2.01. The summed E-state index contributed by atoms with van der Waals surface area (Å²) in [4.78, 5) is 3.64. The second kappa shape index (κ2) is 3.73. The number of rotatable bonds is 3. The molecule has 6 nitrogen and oxygen atoms in total. The molecule has 0 unspecified atom stereocenters. The molecule has 1 aromatic heterocycles. The van der Waals surface area contributed by atoms with Crippen molar-refractivity contribution in [3.63, 3.8) is 0 Å². The first-order valence-corrected chi connectivity index (χ1v) is 6.16. The van der Waals surface area contributed by atoms with Gasteiger partial charge in [0.15, 0.2) is 16.5 Å². The maximum atomic E-state index is 11.0. The fourth-order valence-electron chi connectivity index (χ4n) is 1.13. The molecule has 0 saturated heterocycles. The van der Waals surface area contributed by atoms with Crippen molar-refractivity contribution in [2.75, 3.05) is 0 Å². The molecule has 0 aromatic carbocycles.